The highest BCUT2D eigenvalue weighted by Gasteiger charge is 2.15. The van der Waals surface area contributed by atoms with Crippen molar-refractivity contribution in [3.63, 3.8) is 0 Å². The van der Waals surface area contributed by atoms with Crippen molar-refractivity contribution in [1.29, 1.82) is 0 Å². The second kappa shape index (κ2) is 5.28. The number of hydrazine groups is 1. The summed E-state index contributed by atoms with van der Waals surface area (Å²) < 4.78 is 18.7. The molecule has 0 saturated carbocycles. The van der Waals surface area contributed by atoms with E-state index in [0.29, 0.717) is 5.76 Å². The minimum Gasteiger partial charge on any atom is -0.467 e. The number of anilines is 1. The molecule has 94 valence electrons. The van der Waals surface area contributed by atoms with Crippen LogP contribution >= 0.6 is 0 Å². The van der Waals surface area contributed by atoms with Gasteiger partial charge in [-0.25, -0.2) is 15.2 Å². The van der Waals surface area contributed by atoms with Crippen molar-refractivity contribution in [1.82, 2.24) is 10.3 Å². The number of furan rings is 1. The number of nitrogens with zero attached hydrogens (tertiary/aromatic N) is 1. The van der Waals surface area contributed by atoms with Crippen molar-refractivity contribution in [2.75, 3.05) is 5.43 Å². The highest BCUT2D eigenvalue weighted by molar-refractivity contribution is 5.95. The van der Waals surface area contributed by atoms with E-state index in [1.54, 1.807) is 12.1 Å². The Morgan fingerprint density at radius 1 is 1.50 bits per heavy atom. The number of halogens is 1. The molecule has 7 heteroatoms. The number of carbonyl (C=O) groups is 1. The van der Waals surface area contributed by atoms with Gasteiger partial charge in [-0.1, -0.05) is 0 Å². The standard InChI is InChI=1S/C11H11FN4O2/c12-9-8(3-4-14-10(9)16-13)11(17)15-6-7-2-1-5-18-7/h1-5H,6,13H2,(H,14,16)(H,15,17). The van der Waals surface area contributed by atoms with E-state index in [1.807, 2.05) is 0 Å². The average Bonchev–Trinajstić information content (AvgIpc) is 2.89. The summed E-state index contributed by atoms with van der Waals surface area (Å²) in [5.74, 6) is 4.11. The van der Waals surface area contributed by atoms with Crippen LogP contribution in [0.15, 0.2) is 35.1 Å². The van der Waals surface area contributed by atoms with Gasteiger partial charge >= 0.3 is 0 Å². The van der Waals surface area contributed by atoms with Crippen LogP contribution in [-0.4, -0.2) is 10.9 Å². The van der Waals surface area contributed by atoms with Gasteiger partial charge in [0.1, 0.15) is 5.76 Å². The molecule has 0 spiro atoms. The van der Waals surface area contributed by atoms with E-state index in [-0.39, 0.29) is 17.9 Å². The Morgan fingerprint density at radius 3 is 3.00 bits per heavy atom. The molecule has 0 aliphatic rings. The van der Waals surface area contributed by atoms with Crippen LogP contribution in [0.25, 0.3) is 0 Å². The van der Waals surface area contributed by atoms with Crippen LogP contribution < -0.4 is 16.6 Å². The Kier molecular flexibility index (Phi) is 3.54. The molecule has 4 N–H and O–H groups in total. The Hall–Kier alpha value is -2.41. The zero-order chi connectivity index (χ0) is 13.0. The van der Waals surface area contributed by atoms with E-state index in [1.165, 1.54) is 18.5 Å². The molecule has 0 atom stereocenters. The second-order valence-corrected chi connectivity index (χ2v) is 3.43. The number of pyridine rings is 1. The lowest BCUT2D eigenvalue weighted by Gasteiger charge is -2.06. The summed E-state index contributed by atoms with van der Waals surface area (Å²) in [7, 11) is 0. The number of aromatic nitrogens is 1. The number of nitrogens with two attached hydrogens (primary N) is 1. The topological polar surface area (TPSA) is 93.2 Å². The largest absolute Gasteiger partial charge is 0.467 e. The van der Waals surface area contributed by atoms with Gasteiger partial charge in [0.25, 0.3) is 5.91 Å². The predicted octanol–water partition coefficient (Wildman–Crippen LogP) is 1.03. The van der Waals surface area contributed by atoms with Gasteiger partial charge in [-0.05, 0) is 18.2 Å². The molecule has 0 aliphatic carbocycles. The van der Waals surface area contributed by atoms with Crippen molar-refractivity contribution in [3.05, 3.63) is 47.8 Å². The minimum atomic E-state index is -0.794. The molecule has 2 aromatic rings. The van der Waals surface area contributed by atoms with E-state index in [9.17, 15) is 9.18 Å². The SMILES string of the molecule is NNc1nccc(C(=O)NCc2ccco2)c1F. The van der Waals surface area contributed by atoms with Gasteiger partial charge in [-0.2, -0.15) is 0 Å². The summed E-state index contributed by atoms with van der Waals surface area (Å²) in [4.78, 5) is 15.4. The van der Waals surface area contributed by atoms with Crippen LogP contribution in [0.1, 0.15) is 16.1 Å². The maximum Gasteiger partial charge on any atom is 0.254 e. The maximum atomic E-state index is 13.7. The molecular weight excluding hydrogens is 239 g/mol. The molecule has 0 fully saturated rings. The Labute approximate surface area is 102 Å². The van der Waals surface area contributed by atoms with Crippen LogP contribution in [0.2, 0.25) is 0 Å². The third kappa shape index (κ3) is 2.46. The molecule has 0 radical (unpaired) electrons. The fourth-order valence-corrected chi connectivity index (χ4v) is 1.40. The molecule has 2 heterocycles. The molecule has 2 rings (SSSR count). The summed E-state index contributed by atoms with van der Waals surface area (Å²) in [5, 5.41) is 2.52. The molecule has 0 aliphatic heterocycles. The van der Waals surface area contributed by atoms with Gasteiger partial charge < -0.3 is 15.2 Å². The second-order valence-electron chi connectivity index (χ2n) is 3.43. The maximum absolute atomic E-state index is 13.7. The summed E-state index contributed by atoms with van der Waals surface area (Å²) in [6, 6.07) is 4.68. The molecule has 1 amide bonds. The normalized spacial score (nSPS) is 10.1. The molecule has 0 aromatic carbocycles. The molecule has 2 aromatic heterocycles. The first-order chi connectivity index (χ1) is 8.72. The van der Waals surface area contributed by atoms with Crippen LogP contribution in [0.3, 0.4) is 0 Å². The van der Waals surface area contributed by atoms with Gasteiger partial charge in [-0.15, -0.1) is 0 Å². The molecule has 0 bridgehead atoms. The highest BCUT2D eigenvalue weighted by Crippen LogP contribution is 2.13. The third-order valence-corrected chi connectivity index (χ3v) is 2.27. The average molecular weight is 250 g/mol. The van der Waals surface area contributed by atoms with E-state index in [4.69, 9.17) is 10.3 Å². The van der Waals surface area contributed by atoms with E-state index >= 15 is 0 Å². The highest BCUT2D eigenvalue weighted by atomic mass is 19.1. The van der Waals surface area contributed by atoms with Crippen molar-refractivity contribution >= 4 is 11.7 Å². The smallest absolute Gasteiger partial charge is 0.254 e. The molecule has 0 unspecified atom stereocenters. The first-order valence-electron chi connectivity index (χ1n) is 5.14. The first-order valence-corrected chi connectivity index (χ1v) is 5.14. The summed E-state index contributed by atoms with van der Waals surface area (Å²) >= 11 is 0. The van der Waals surface area contributed by atoms with Crippen LogP contribution in [0, 0.1) is 5.82 Å². The number of rotatable bonds is 4. The zero-order valence-electron chi connectivity index (χ0n) is 9.31. The van der Waals surface area contributed by atoms with Gasteiger partial charge in [-0.3, -0.25) is 4.79 Å². The number of hydrogen-bond acceptors (Lipinski definition) is 5. The van der Waals surface area contributed by atoms with E-state index in [2.05, 4.69) is 15.7 Å². The lowest BCUT2D eigenvalue weighted by Crippen LogP contribution is -2.24. The van der Waals surface area contributed by atoms with Crippen LogP contribution in [0.4, 0.5) is 10.2 Å². The van der Waals surface area contributed by atoms with Gasteiger partial charge in [0.15, 0.2) is 11.6 Å². The molecular formula is C11H11FN4O2. The van der Waals surface area contributed by atoms with Gasteiger partial charge in [0.05, 0.1) is 18.4 Å². The summed E-state index contributed by atoms with van der Waals surface area (Å²) in [6.45, 7) is 0.180. The van der Waals surface area contributed by atoms with Crippen molar-refractivity contribution in [2.24, 2.45) is 5.84 Å². The molecule has 18 heavy (non-hydrogen) atoms. The lowest BCUT2D eigenvalue weighted by molar-refractivity contribution is 0.0944. The quantitative estimate of drug-likeness (QED) is 0.556. The van der Waals surface area contributed by atoms with Crippen molar-refractivity contribution in [3.8, 4) is 0 Å². The van der Waals surface area contributed by atoms with E-state index in [0.717, 1.165) is 0 Å². The van der Waals surface area contributed by atoms with Crippen LogP contribution in [-0.2, 0) is 6.54 Å². The summed E-state index contributed by atoms with van der Waals surface area (Å²) in [6.07, 6.45) is 2.78. The summed E-state index contributed by atoms with van der Waals surface area (Å²) in [5.41, 5.74) is 1.94. The fraction of sp³-hybridized carbons (Fsp3) is 0.0909. The van der Waals surface area contributed by atoms with Crippen molar-refractivity contribution < 1.29 is 13.6 Å². The number of carbonyl (C=O) groups excluding carboxylic acids is 1. The minimum absolute atomic E-state index is 0.135. The Bertz CT molecular complexity index is 542. The Balaban J connectivity index is 2.09. The predicted molar refractivity (Wildman–Crippen MR) is 61.9 cm³/mol. The zero-order valence-corrected chi connectivity index (χ0v) is 9.31. The fourth-order valence-electron chi connectivity index (χ4n) is 1.40. The van der Waals surface area contributed by atoms with Gasteiger partial charge in [0, 0.05) is 6.20 Å². The van der Waals surface area contributed by atoms with E-state index < -0.39 is 11.7 Å². The number of nitrogen functional groups attached to an aromatic ring is 1. The third-order valence-electron chi connectivity index (χ3n) is 2.27. The number of nitrogens with one attached hydrogen (secondary N) is 2. The lowest BCUT2D eigenvalue weighted by atomic mass is 10.2. The van der Waals surface area contributed by atoms with Crippen LogP contribution in [0.5, 0.6) is 0 Å². The Morgan fingerprint density at radius 2 is 2.33 bits per heavy atom. The monoisotopic (exact) mass is 250 g/mol. The number of hydrogen-bond donors (Lipinski definition) is 3. The molecule has 6 nitrogen and oxygen atoms in total. The molecule has 0 saturated heterocycles. The number of amides is 1. The first kappa shape index (κ1) is 12.1. The van der Waals surface area contributed by atoms with Crippen molar-refractivity contribution in [2.45, 2.75) is 6.54 Å². The van der Waals surface area contributed by atoms with Gasteiger partial charge in [0.2, 0.25) is 0 Å².